The Balaban J connectivity index is 2.03. The Hall–Kier alpha value is -2.06. The number of ether oxygens (including phenoxy) is 2. The van der Waals surface area contributed by atoms with Gasteiger partial charge in [-0.15, -0.1) is 0 Å². The molecular formula is C19H26F2N2O4. The fourth-order valence-electron chi connectivity index (χ4n) is 3.00. The van der Waals surface area contributed by atoms with Gasteiger partial charge < -0.3 is 14.4 Å². The number of carbonyl (C=O) groups is 2. The molecule has 6 nitrogen and oxygen atoms in total. The molecule has 1 unspecified atom stereocenters. The molecule has 1 heterocycles. The summed E-state index contributed by atoms with van der Waals surface area (Å²) in [6, 6.07) is 3.06. The summed E-state index contributed by atoms with van der Waals surface area (Å²) in [4.78, 5) is 28.3. The van der Waals surface area contributed by atoms with Crippen molar-refractivity contribution >= 4 is 11.9 Å². The zero-order chi connectivity index (χ0) is 19.8. The van der Waals surface area contributed by atoms with E-state index < -0.39 is 29.4 Å². The first-order valence-electron chi connectivity index (χ1n) is 9.04. The van der Waals surface area contributed by atoms with Crippen LogP contribution in [0.1, 0.15) is 23.7 Å². The van der Waals surface area contributed by atoms with E-state index in [0.29, 0.717) is 26.2 Å². The molecule has 1 saturated heterocycles. The van der Waals surface area contributed by atoms with Crippen LogP contribution in [0.5, 0.6) is 0 Å². The van der Waals surface area contributed by atoms with Crippen molar-refractivity contribution in [3.05, 3.63) is 35.4 Å². The monoisotopic (exact) mass is 384 g/mol. The number of methoxy groups -OCH3 is 1. The van der Waals surface area contributed by atoms with E-state index in [1.54, 1.807) is 6.92 Å². The van der Waals surface area contributed by atoms with E-state index in [-0.39, 0.29) is 12.1 Å². The summed E-state index contributed by atoms with van der Waals surface area (Å²) >= 11 is 0. The number of hydrogen-bond donors (Lipinski definition) is 0. The smallest absolute Gasteiger partial charge is 0.310 e. The number of amides is 1. The van der Waals surface area contributed by atoms with Crippen LogP contribution in [-0.2, 0) is 14.3 Å². The van der Waals surface area contributed by atoms with Crippen LogP contribution in [0.4, 0.5) is 8.78 Å². The van der Waals surface area contributed by atoms with Crippen molar-refractivity contribution in [1.29, 1.82) is 0 Å². The van der Waals surface area contributed by atoms with E-state index in [1.807, 2.05) is 0 Å². The number of carbonyl (C=O) groups excluding carboxylic acids is 2. The van der Waals surface area contributed by atoms with E-state index >= 15 is 0 Å². The van der Waals surface area contributed by atoms with Crippen molar-refractivity contribution in [3.8, 4) is 0 Å². The first kappa shape index (κ1) is 21.2. The highest BCUT2D eigenvalue weighted by atomic mass is 19.2. The lowest BCUT2D eigenvalue weighted by Gasteiger charge is -2.29. The number of rotatable bonds is 8. The van der Waals surface area contributed by atoms with Gasteiger partial charge in [-0.2, -0.15) is 0 Å². The minimum atomic E-state index is -1.07. The average Bonchev–Trinajstić information content (AvgIpc) is 2.68. The van der Waals surface area contributed by atoms with E-state index in [4.69, 9.17) is 9.47 Å². The molecule has 1 aliphatic heterocycles. The number of halogens is 2. The summed E-state index contributed by atoms with van der Waals surface area (Å²) in [5.74, 6) is -3.46. The maximum Gasteiger partial charge on any atom is 0.310 e. The number of nitrogens with zero attached hydrogens (tertiary/aromatic N) is 2. The molecule has 0 aliphatic carbocycles. The molecule has 0 radical (unpaired) electrons. The molecule has 2 rings (SSSR count). The maximum absolute atomic E-state index is 13.5. The lowest BCUT2D eigenvalue weighted by Crippen LogP contribution is -2.41. The first-order chi connectivity index (χ1) is 12.9. The van der Waals surface area contributed by atoms with Crippen LogP contribution in [0, 0.1) is 17.6 Å². The number of benzene rings is 1. The Morgan fingerprint density at radius 2 is 1.96 bits per heavy atom. The van der Waals surface area contributed by atoms with E-state index in [9.17, 15) is 18.4 Å². The molecule has 0 aromatic heterocycles. The van der Waals surface area contributed by atoms with Crippen molar-refractivity contribution in [3.63, 3.8) is 0 Å². The Labute approximate surface area is 158 Å². The SMILES string of the molecule is COC(=O)C(C)CN(CCCN1CCOCC1)C(=O)c1ccc(F)c(F)c1. The summed E-state index contributed by atoms with van der Waals surface area (Å²) in [5.41, 5.74) is 0.0531. The molecule has 150 valence electrons. The second kappa shape index (κ2) is 10.3. The van der Waals surface area contributed by atoms with Gasteiger partial charge in [-0.05, 0) is 24.6 Å². The molecule has 0 N–H and O–H groups in total. The van der Waals surface area contributed by atoms with Crippen LogP contribution in [0.15, 0.2) is 18.2 Å². The van der Waals surface area contributed by atoms with Crippen LogP contribution >= 0.6 is 0 Å². The van der Waals surface area contributed by atoms with E-state index in [0.717, 1.165) is 31.8 Å². The van der Waals surface area contributed by atoms with Gasteiger partial charge in [0.05, 0.1) is 26.2 Å². The third-order valence-electron chi connectivity index (χ3n) is 4.56. The van der Waals surface area contributed by atoms with E-state index in [2.05, 4.69) is 4.90 Å². The summed E-state index contributed by atoms with van der Waals surface area (Å²) in [6.45, 7) is 6.07. The normalized spacial score (nSPS) is 16.0. The van der Waals surface area contributed by atoms with E-state index in [1.165, 1.54) is 18.1 Å². The largest absolute Gasteiger partial charge is 0.469 e. The number of morpholine rings is 1. The van der Waals surface area contributed by atoms with Crippen LogP contribution in [0.25, 0.3) is 0 Å². The molecule has 1 aliphatic rings. The standard InChI is InChI=1S/C19H26F2N2O4/c1-14(19(25)26-2)13-23(7-3-6-22-8-10-27-11-9-22)18(24)15-4-5-16(20)17(21)12-15/h4-5,12,14H,3,6-11,13H2,1-2H3. The first-order valence-corrected chi connectivity index (χ1v) is 9.04. The van der Waals surface area contributed by atoms with Gasteiger partial charge in [0.25, 0.3) is 5.91 Å². The number of esters is 1. The predicted molar refractivity (Wildman–Crippen MR) is 95.3 cm³/mol. The second-order valence-electron chi connectivity index (χ2n) is 6.61. The zero-order valence-corrected chi connectivity index (χ0v) is 15.7. The van der Waals surface area contributed by atoms with Crippen LogP contribution in [-0.4, -0.2) is 74.7 Å². The van der Waals surface area contributed by atoms with Gasteiger partial charge in [0.1, 0.15) is 0 Å². The molecule has 1 aromatic rings. The van der Waals surface area contributed by atoms with Crippen LogP contribution in [0.2, 0.25) is 0 Å². The van der Waals surface area contributed by atoms with Crippen molar-refractivity contribution in [2.45, 2.75) is 13.3 Å². The predicted octanol–water partition coefficient (Wildman–Crippen LogP) is 1.94. The lowest BCUT2D eigenvalue weighted by molar-refractivity contribution is -0.145. The van der Waals surface area contributed by atoms with Gasteiger partial charge >= 0.3 is 5.97 Å². The van der Waals surface area contributed by atoms with Gasteiger partial charge in [0.15, 0.2) is 11.6 Å². The summed E-state index contributed by atoms with van der Waals surface area (Å²) in [5, 5.41) is 0. The van der Waals surface area contributed by atoms with Gasteiger partial charge in [-0.3, -0.25) is 14.5 Å². The molecule has 1 atom stereocenters. The molecule has 8 heteroatoms. The van der Waals surface area contributed by atoms with Crippen molar-refractivity contribution < 1.29 is 27.8 Å². The minimum absolute atomic E-state index is 0.0531. The molecule has 1 fully saturated rings. The molecule has 0 saturated carbocycles. The highest BCUT2D eigenvalue weighted by Crippen LogP contribution is 2.14. The third kappa shape index (κ3) is 6.25. The van der Waals surface area contributed by atoms with Gasteiger partial charge in [-0.1, -0.05) is 6.92 Å². The fraction of sp³-hybridized carbons (Fsp3) is 0.579. The summed E-state index contributed by atoms with van der Waals surface area (Å²) < 4.78 is 36.7. The number of hydrogen-bond acceptors (Lipinski definition) is 5. The molecule has 27 heavy (non-hydrogen) atoms. The summed E-state index contributed by atoms with van der Waals surface area (Å²) in [7, 11) is 1.29. The van der Waals surface area contributed by atoms with Gasteiger partial charge in [0.2, 0.25) is 0 Å². The highest BCUT2D eigenvalue weighted by molar-refractivity contribution is 5.94. The highest BCUT2D eigenvalue weighted by Gasteiger charge is 2.23. The maximum atomic E-state index is 13.5. The molecule has 1 amide bonds. The van der Waals surface area contributed by atoms with Crippen LogP contribution < -0.4 is 0 Å². The molecule has 1 aromatic carbocycles. The lowest BCUT2D eigenvalue weighted by atomic mass is 10.1. The van der Waals surface area contributed by atoms with Gasteiger partial charge in [0, 0.05) is 38.3 Å². The molecular weight excluding hydrogens is 358 g/mol. The van der Waals surface area contributed by atoms with Crippen LogP contribution in [0.3, 0.4) is 0 Å². The Morgan fingerprint density at radius 1 is 1.26 bits per heavy atom. The minimum Gasteiger partial charge on any atom is -0.469 e. The second-order valence-corrected chi connectivity index (χ2v) is 6.61. The Morgan fingerprint density at radius 3 is 2.59 bits per heavy atom. The van der Waals surface area contributed by atoms with Crippen molar-refractivity contribution in [2.24, 2.45) is 5.92 Å². The van der Waals surface area contributed by atoms with Crippen molar-refractivity contribution in [1.82, 2.24) is 9.80 Å². The van der Waals surface area contributed by atoms with Crippen molar-refractivity contribution in [2.75, 3.05) is 53.0 Å². The summed E-state index contributed by atoms with van der Waals surface area (Å²) in [6.07, 6.45) is 0.698. The topological polar surface area (TPSA) is 59.1 Å². The third-order valence-corrected chi connectivity index (χ3v) is 4.56. The Kier molecular flexibility index (Phi) is 8.12. The average molecular weight is 384 g/mol. The molecule has 0 bridgehead atoms. The quantitative estimate of drug-likeness (QED) is 0.641. The fourth-order valence-corrected chi connectivity index (χ4v) is 3.00. The van der Waals surface area contributed by atoms with Gasteiger partial charge in [-0.25, -0.2) is 8.78 Å². The zero-order valence-electron chi connectivity index (χ0n) is 15.7. The Bertz CT molecular complexity index is 651. The molecule has 0 spiro atoms.